The molecule has 0 spiro atoms. The van der Waals surface area contributed by atoms with Gasteiger partial charge in [-0.25, -0.2) is 4.98 Å². The summed E-state index contributed by atoms with van der Waals surface area (Å²) < 4.78 is 6.14. The molecule has 1 N–H and O–H groups in total. The van der Waals surface area contributed by atoms with E-state index >= 15 is 0 Å². The molecule has 0 radical (unpaired) electrons. The fraction of sp³-hybridized carbons (Fsp3) is 0.812. The first-order valence-corrected chi connectivity index (χ1v) is 9.01. The molecule has 0 amide bonds. The van der Waals surface area contributed by atoms with E-state index in [9.17, 15) is 0 Å². The molecule has 20 heavy (non-hydrogen) atoms. The fourth-order valence-electron chi connectivity index (χ4n) is 3.43. The van der Waals surface area contributed by atoms with Gasteiger partial charge in [0.1, 0.15) is 5.01 Å². The number of thiazole rings is 1. The van der Waals surface area contributed by atoms with Crippen molar-refractivity contribution < 1.29 is 4.74 Å². The molecule has 1 aromatic rings. The topological polar surface area (TPSA) is 34.2 Å². The van der Waals surface area contributed by atoms with Gasteiger partial charge in [-0.1, -0.05) is 0 Å². The van der Waals surface area contributed by atoms with Crippen LogP contribution >= 0.6 is 11.3 Å². The molecule has 3 nitrogen and oxygen atoms in total. The molecule has 1 aliphatic heterocycles. The first-order valence-electron chi connectivity index (χ1n) is 8.19. The Kier molecular flexibility index (Phi) is 3.57. The average Bonchev–Trinajstić information content (AvgIpc) is 3.01. The van der Waals surface area contributed by atoms with Crippen LogP contribution in [0.2, 0.25) is 0 Å². The molecule has 110 valence electrons. The van der Waals surface area contributed by atoms with Crippen LogP contribution in [0.5, 0.6) is 0 Å². The molecule has 4 rings (SSSR count). The minimum atomic E-state index is 0.332. The second-order valence-electron chi connectivity index (χ2n) is 6.61. The van der Waals surface area contributed by atoms with Gasteiger partial charge in [-0.15, -0.1) is 11.3 Å². The summed E-state index contributed by atoms with van der Waals surface area (Å²) in [6.45, 7) is 2.20. The summed E-state index contributed by atoms with van der Waals surface area (Å²) in [6.07, 6.45) is 10.8. The largest absolute Gasteiger partial charge is 0.373 e. The molecule has 1 saturated heterocycles. The van der Waals surface area contributed by atoms with Crippen molar-refractivity contribution in [2.75, 3.05) is 0 Å². The Labute approximate surface area is 125 Å². The SMILES string of the molecule is CC1CCC(C(NC2CC2)c2nc3c(s2)CCCC3)O1. The van der Waals surface area contributed by atoms with Crippen molar-refractivity contribution in [3.05, 3.63) is 15.6 Å². The van der Waals surface area contributed by atoms with E-state index in [0.29, 0.717) is 24.3 Å². The number of rotatable bonds is 4. The number of nitrogens with zero attached hydrogens (tertiary/aromatic N) is 1. The van der Waals surface area contributed by atoms with E-state index in [2.05, 4.69) is 12.2 Å². The summed E-state index contributed by atoms with van der Waals surface area (Å²) in [5.41, 5.74) is 1.38. The lowest BCUT2D eigenvalue weighted by Crippen LogP contribution is -2.33. The zero-order chi connectivity index (χ0) is 13.5. The van der Waals surface area contributed by atoms with Gasteiger partial charge in [-0.3, -0.25) is 0 Å². The van der Waals surface area contributed by atoms with Crippen LogP contribution in [0.4, 0.5) is 0 Å². The van der Waals surface area contributed by atoms with E-state index < -0.39 is 0 Å². The Balaban J connectivity index is 1.58. The zero-order valence-corrected chi connectivity index (χ0v) is 13.0. The molecular weight excluding hydrogens is 268 g/mol. The number of fused-ring (bicyclic) bond motifs is 1. The Hall–Kier alpha value is -0.450. The van der Waals surface area contributed by atoms with Crippen LogP contribution in [0.1, 0.15) is 67.1 Å². The molecule has 0 aromatic carbocycles. The summed E-state index contributed by atoms with van der Waals surface area (Å²) in [4.78, 5) is 6.52. The number of aromatic nitrogens is 1. The number of ether oxygens (including phenoxy) is 1. The summed E-state index contributed by atoms with van der Waals surface area (Å²) in [5.74, 6) is 0. The molecule has 3 aliphatic rings. The van der Waals surface area contributed by atoms with Crippen molar-refractivity contribution in [1.82, 2.24) is 10.3 Å². The predicted octanol–water partition coefficient (Wildman–Crippen LogP) is 3.38. The predicted molar refractivity (Wildman–Crippen MR) is 81.2 cm³/mol. The zero-order valence-electron chi connectivity index (χ0n) is 12.2. The van der Waals surface area contributed by atoms with Crippen molar-refractivity contribution in [2.45, 2.75) is 82.6 Å². The van der Waals surface area contributed by atoms with Crippen molar-refractivity contribution in [1.29, 1.82) is 0 Å². The van der Waals surface area contributed by atoms with Crippen molar-refractivity contribution >= 4 is 11.3 Å². The van der Waals surface area contributed by atoms with Crippen LogP contribution in [0, 0.1) is 0 Å². The maximum Gasteiger partial charge on any atom is 0.113 e. The molecule has 2 heterocycles. The smallest absolute Gasteiger partial charge is 0.113 e. The van der Waals surface area contributed by atoms with Gasteiger partial charge >= 0.3 is 0 Å². The molecule has 2 aliphatic carbocycles. The minimum absolute atomic E-state index is 0.332. The van der Waals surface area contributed by atoms with E-state index in [0.717, 1.165) is 0 Å². The highest BCUT2D eigenvalue weighted by molar-refractivity contribution is 7.11. The number of nitrogens with one attached hydrogen (secondary N) is 1. The Bertz CT molecular complexity index is 459. The lowest BCUT2D eigenvalue weighted by Gasteiger charge is -2.23. The highest BCUT2D eigenvalue weighted by Crippen LogP contribution is 2.37. The van der Waals surface area contributed by atoms with Crippen LogP contribution in [0.15, 0.2) is 0 Å². The number of aryl methyl sites for hydroxylation is 2. The highest BCUT2D eigenvalue weighted by atomic mass is 32.1. The molecule has 2 fully saturated rings. The van der Waals surface area contributed by atoms with Crippen molar-refractivity contribution in [3.8, 4) is 0 Å². The lowest BCUT2D eigenvalue weighted by molar-refractivity contribution is 0.0310. The molecule has 3 unspecified atom stereocenters. The molecule has 4 heteroatoms. The van der Waals surface area contributed by atoms with E-state index in [4.69, 9.17) is 9.72 Å². The summed E-state index contributed by atoms with van der Waals surface area (Å²) in [6, 6.07) is 1.04. The maximum atomic E-state index is 6.14. The minimum Gasteiger partial charge on any atom is -0.373 e. The second-order valence-corrected chi connectivity index (χ2v) is 7.73. The Morgan fingerprint density at radius 2 is 2.05 bits per heavy atom. The van der Waals surface area contributed by atoms with Crippen LogP contribution in [0.25, 0.3) is 0 Å². The average molecular weight is 292 g/mol. The lowest BCUT2D eigenvalue weighted by atomic mass is 10.0. The van der Waals surface area contributed by atoms with Crippen molar-refractivity contribution in [2.24, 2.45) is 0 Å². The van der Waals surface area contributed by atoms with Crippen LogP contribution in [0.3, 0.4) is 0 Å². The number of hydrogen-bond donors (Lipinski definition) is 1. The van der Waals surface area contributed by atoms with Gasteiger partial charge < -0.3 is 10.1 Å². The molecule has 1 saturated carbocycles. The molecule has 1 aromatic heterocycles. The standard InChI is InChI=1S/C16H24N2OS/c1-10-6-9-13(19-10)15(17-11-7-8-11)16-18-12-4-2-3-5-14(12)20-16/h10-11,13,15,17H,2-9H2,1H3. The highest BCUT2D eigenvalue weighted by Gasteiger charge is 2.36. The first-order chi connectivity index (χ1) is 9.79. The third kappa shape index (κ3) is 2.66. The third-order valence-corrected chi connectivity index (χ3v) is 6.00. The second kappa shape index (κ2) is 5.39. The summed E-state index contributed by atoms with van der Waals surface area (Å²) in [5, 5.41) is 5.10. The Morgan fingerprint density at radius 1 is 1.20 bits per heavy atom. The van der Waals surface area contributed by atoms with E-state index in [-0.39, 0.29) is 0 Å². The molecule has 0 bridgehead atoms. The van der Waals surface area contributed by atoms with Gasteiger partial charge in [-0.05, 0) is 58.3 Å². The van der Waals surface area contributed by atoms with E-state index in [1.54, 1.807) is 4.88 Å². The third-order valence-electron chi connectivity index (χ3n) is 4.76. The van der Waals surface area contributed by atoms with E-state index in [1.807, 2.05) is 11.3 Å². The van der Waals surface area contributed by atoms with Gasteiger partial charge in [-0.2, -0.15) is 0 Å². The van der Waals surface area contributed by atoms with E-state index in [1.165, 1.54) is 62.1 Å². The fourth-order valence-corrected chi connectivity index (χ4v) is 4.69. The van der Waals surface area contributed by atoms with Gasteiger partial charge in [0.15, 0.2) is 0 Å². The summed E-state index contributed by atoms with van der Waals surface area (Å²) >= 11 is 1.95. The molecular formula is C16H24N2OS. The Morgan fingerprint density at radius 3 is 2.75 bits per heavy atom. The normalized spacial score (nSPS) is 31.2. The van der Waals surface area contributed by atoms with Gasteiger partial charge in [0.05, 0.1) is 23.9 Å². The van der Waals surface area contributed by atoms with Gasteiger partial charge in [0, 0.05) is 10.9 Å². The first kappa shape index (κ1) is 13.2. The van der Waals surface area contributed by atoms with Crippen LogP contribution in [-0.2, 0) is 17.6 Å². The maximum absolute atomic E-state index is 6.14. The quantitative estimate of drug-likeness (QED) is 0.923. The van der Waals surface area contributed by atoms with Gasteiger partial charge in [0.25, 0.3) is 0 Å². The van der Waals surface area contributed by atoms with Crippen LogP contribution in [-0.4, -0.2) is 23.2 Å². The summed E-state index contributed by atoms with van der Waals surface area (Å²) in [7, 11) is 0. The molecule has 3 atom stereocenters. The van der Waals surface area contributed by atoms with Crippen molar-refractivity contribution in [3.63, 3.8) is 0 Å². The van der Waals surface area contributed by atoms with Crippen LogP contribution < -0.4 is 5.32 Å². The monoisotopic (exact) mass is 292 g/mol. The number of hydrogen-bond acceptors (Lipinski definition) is 4. The van der Waals surface area contributed by atoms with Gasteiger partial charge in [0.2, 0.25) is 0 Å².